The van der Waals surface area contributed by atoms with Gasteiger partial charge in [-0.05, 0) is 30.5 Å². The number of nitrogen functional groups attached to an aromatic ring is 1. The van der Waals surface area contributed by atoms with Crippen molar-refractivity contribution in [1.29, 1.82) is 0 Å². The first kappa shape index (κ1) is 40.8. The Kier molecular flexibility index (Phi) is 19.4. The van der Waals surface area contributed by atoms with Gasteiger partial charge in [-0.1, -0.05) is 109 Å². The van der Waals surface area contributed by atoms with E-state index in [9.17, 15) is 14.4 Å². The van der Waals surface area contributed by atoms with Crippen LogP contribution in [0.3, 0.4) is 0 Å². The van der Waals surface area contributed by atoms with E-state index >= 15 is 0 Å². The number of ether oxygens (including phenoxy) is 1. The highest BCUT2D eigenvalue weighted by Gasteiger charge is 2.16. The van der Waals surface area contributed by atoms with E-state index < -0.39 is 6.04 Å². The maximum Gasteiger partial charge on any atom is 0.328 e. The molecule has 0 spiro atoms. The van der Waals surface area contributed by atoms with Gasteiger partial charge in [-0.3, -0.25) is 14.2 Å². The van der Waals surface area contributed by atoms with Crippen LogP contribution in [0, 0.1) is 0 Å². The second kappa shape index (κ2) is 23.8. The lowest BCUT2D eigenvalue weighted by Crippen LogP contribution is -2.37. The molecule has 1 atom stereocenters. The Morgan fingerprint density at radius 1 is 0.900 bits per heavy atom. The number of nitrogens with two attached hydrogens (primary N) is 2. The van der Waals surface area contributed by atoms with Gasteiger partial charge in [-0.2, -0.15) is 21.7 Å². The number of thioether (sulfide) groups is 1. The van der Waals surface area contributed by atoms with E-state index in [1.807, 2.05) is 12.1 Å². The highest BCUT2D eigenvalue weighted by molar-refractivity contribution is 7.99. The summed E-state index contributed by atoms with van der Waals surface area (Å²) >= 11 is 1.48. The molecule has 1 aromatic carbocycles. The van der Waals surface area contributed by atoms with E-state index in [1.54, 1.807) is 12.1 Å². The summed E-state index contributed by atoms with van der Waals surface area (Å²) in [5.41, 5.74) is 14.1. The van der Waals surface area contributed by atoms with Crippen molar-refractivity contribution < 1.29 is 14.3 Å². The molecule has 278 valence electrons. The van der Waals surface area contributed by atoms with Crippen molar-refractivity contribution >= 4 is 52.3 Å². The molecule has 1 unspecified atom stereocenters. The van der Waals surface area contributed by atoms with Crippen LogP contribution in [0.2, 0.25) is 0 Å². The van der Waals surface area contributed by atoms with Gasteiger partial charge in [0.1, 0.15) is 12.1 Å². The molecule has 13 heteroatoms. The lowest BCUT2D eigenvalue weighted by atomic mass is 10.0. The molecule has 0 fully saturated rings. The second-order valence-corrected chi connectivity index (χ2v) is 14.2. The zero-order chi connectivity index (χ0) is 36.0. The lowest BCUT2D eigenvalue weighted by Gasteiger charge is -2.13. The number of rotatable bonds is 27. The molecule has 0 aliphatic rings. The minimum Gasteiger partial charge on any atom is -0.465 e. The number of nitrogens with one attached hydrogen (secondary N) is 3. The molecular formula is C37H60N8O4S. The van der Waals surface area contributed by atoms with Crippen molar-refractivity contribution in [2.45, 2.75) is 129 Å². The first-order valence-electron chi connectivity index (χ1n) is 18.7. The van der Waals surface area contributed by atoms with Gasteiger partial charge in [0.2, 0.25) is 11.9 Å². The van der Waals surface area contributed by atoms with Crippen molar-refractivity contribution in [3.8, 4) is 0 Å². The molecule has 12 nitrogen and oxygen atoms in total. The van der Waals surface area contributed by atoms with Gasteiger partial charge in [0.25, 0.3) is 0 Å². The largest absolute Gasteiger partial charge is 0.465 e. The Morgan fingerprint density at radius 3 is 2.16 bits per heavy atom. The Bertz CT molecular complexity index is 1480. The molecule has 3 rings (SSSR count). The number of aromatic amines is 1. The van der Waals surface area contributed by atoms with Gasteiger partial charge < -0.3 is 31.8 Å². The quantitative estimate of drug-likeness (QED) is 0.0408. The number of benzene rings is 1. The number of hydrogen-bond donors (Lipinski definition) is 5. The third kappa shape index (κ3) is 15.1. The molecule has 2 heterocycles. The molecule has 50 heavy (non-hydrogen) atoms. The molecule has 7 N–H and O–H groups in total. The fourth-order valence-electron chi connectivity index (χ4n) is 5.63. The number of carbonyl (C=O) groups is 2. The van der Waals surface area contributed by atoms with Crippen molar-refractivity contribution in [2.24, 2.45) is 5.73 Å². The van der Waals surface area contributed by atoms with Gasteiger partial charge in [0.15, 0.2) is 11.5 Å². The number of H-pyrrole nitrogens is 1. The molecule has 0 radical (unpaired) electrons. The number of hydrogen-bond acceptors (Lipinski definition) is 10. The zero-order valence-corrected chi connectivity index (χ0v) is 31.1. The first-order valence-corrected chi connectivity index (χ1v) is 19.9. The third-order valence-corrected chi connectivity index (χ3v) is 9.69. The SMILES string of the molecule is CCCCCCCCCCCCCCCC(=O)OCCSCC(N)C(=O)Nc1ccc(Cn2c(=O)[nH]c3c(N)nc(NCCCC)nc32)cc1. The summed E-state index contributed by atoms with van der Waals surface area (Å²) in [6.45, 7) is 5.64. The molecule has 0 bridgehead atoms. The second-order valence-electron chi connectivity index (χ2n) is 13.0. The fourth-order valence-corrected chi connectivity index (χ4v) is 6.40. The summed E-state index contributed by atoms with van der Waals surface area (Å²) in [5.74, 6) is 1.12. The van der Waals surface area contributed by atoms with Crippen LogP contribution in [0.1, 0.15) is 122 Å². The van der Waals surface area contributed by atoms with E-state index in [0.717, 1.165) is 31.2 Å². The van der Waals surface area contributed by atoms with Crippen LogP contribution >= 0.6 is 11.8 Å². The Labute approximate surface area is 301 Å². The van der Waals surface area contributed by atoms with Crippen molar-refractivity contribution in [3.05, 3.63) is 40.3 Å². The van der Waals surface area contributed by atoms with E-state index in [0.29, 0.717) is 53.9 Å². The summed E-state index contributed by atoms with van der Waals surface area (Å²) in [7, 11) is 0. The van der Waals surface area contributed by atoms with E-state index in [2.05, 4.69) is 39.4 Å². The number of fused-ring (bicyclic) bond motifs is 1. The standard InChI is InChI=1S/C37H60N8O4S/c1-3-5-7-8-9-10-11-12-13-14-15-16-17-18-31(46)49-24-25-50-27-30(38)35(47)41-29-21-19-28(20-22-29)26-45-34-32(42-37(45)48)33(39)43-36(44-34)40-23-6-4-2/h19-22,30H,3-18,23-27,38H2,1-2H3,(H,41,47)(H,42,48)(H3,39,40,43,44). The Morgan fingerprint density at radius 2 is 1.52 bits per heavy atom. The van der Waals surface area contributed by atoms with Crippen molar-refractivity contribution in [2.75, 3.05) is 41.0 Å². The topological polar surface area (TPSA) is 183 Å². The summed E-state index contributed by atoms with van der Waals surface area (Å²) < 4.78 is 6.87. The van der Waals surface area contributed by atoms with E-state index in [-0.39, 0.29) is 29.9 Å². The van der Waals surface area contributed by atoms with Crippen LogP contribution in [0.15, 0.2) is 29.1 Å². The number of aromatic nitrogens is 4. The maximum absolute atomic E-state index is 12.7. The molecule has 0 saturated heterocycles. The molecule has 3 aromatic rings. The number of imidazole rings is 1. The third-order valence-electron chi connectivity index (χ3n) is 8.64. The lowest BCUT2D eigenvalue weighted by molar-refractivity contribution is -0.143. The Hall–Kier alpha value is -3.58. The predicted molar refractivity (Wildman–Crippen MR) is 207 cm³/mol. The van der Waals surface area contributed by atoms with Gasteiger partial charge in [0, 0.05) is 30.2 Å². The van der Waals surface area contributed by atoms with Crippen LogP contribution < -0.4 is 27.8 Å². The first-order chi connectivity index (χ1) is 24.3. The Balaban J connectivity index is 1.26. The zero-order valence-electron chi connectivity index (χ0n) is 30.3. The number of unbranched alkanes of at least 4 members (excludes halogenated alkanes) is 13. The van der Waals surface area contributed by atoms with Crippen LogP contribution in [-0.4, -0.2) is 62.1 Å². The summed E-state index contributed by atoms with van der Waals surface area (Å²) in [4.78, 5) is 48.9. The number of nitrogens with zero attached hydrogens (tertiary/aromatic N) is 3. The summed E-state index contributed by atoms with van der Waals surface area (Å²) in [6, 6.07) is 6.49. The van der Waals surface area contributed by atoms with Crippen LogP contribution in [0.5, 0.6) is 0 Å². The highest BCUT2D eigenvalue weighted by Crippen LogP contribution is 2.19. The number of esters is 1. The van der Waals surface area contributed by atoms with Gasteiger partial charge >= 0.3 is 11.7 Å². The number of amides is 1. The van der Waals surface area contributed by atoms with Crippen LogP contribution in [-0.2, 0) is 20.9 Å². The van der Waals surface area contributed by atoms with Crippen LogP contribution in [0.25, 0.3) is 11.2 Å². The van der Waals surface area contributed by atoms with Gasteiger partial charge in [-0.25, -0.2) is 4.79 Å². The minimum atomic E-state index is -0.712. The summed E-state index contributed by atoms with van der Waals surface area (Å²) in [5, 5.41) is 6.00. The normalized spacial score (nSPS) is 11.9. The van der Waals surface area contributed by atoms with Gasteiger partial charge in [-0.15, -0.1) is 0 Å². The molecule has 2 aromatic heterocycles. The number of anilines is 3. The van der Waals surface area contributed by atoms with Crippen LogP contribution in [0.4, 0.5) is 17.5 Å². The average molecular weight is 713 g/mol. The monoisotopic (exact) mass is 712 g/mol. The predicted octanol–water partition coefficient (Wildman–Crippen LogP) is 6.99. The molecular weight excluding hydrogens is 653 g/mol. The van der Waals surface area contributed by atoms with Crippen molar-refractivity contribution in [3.63, 3.8) is 0 Å². The number of carbonyl (C=O) groups excluding carboxylic acids is 2. The van der Waals surface area contributed by atoms with Crippen molar-refractivity contribution in [1.82, 2.24) is 19.5 Å². The molecule has 0 aliphatic heterocycles. The van der Waals surface area contributed by atoms with E-state index in [4.69, 9.17) is 16.2 Å². The molecule has 0 aliphatic carbocycles. The molecule has 1 amide bonds. The van der Waals surface area contributed by atoms with Gasteiger partial charge in [0.05, 0.1) is 12.6 Å². The smallest absolute Gasteiger partial charge is 0.328 e. The average Bonchev–Trinajstić information content (AvgIpc) is 3.42. The van der Waals surface area contributed by atoms with E-state index in [1.165, 1.54) is 87.0 Å². The fraction of sp³-hybridized carbons (Fsp3) is 0.649. The summed E-state index contributed by atoms with van der Waals surface area (Å²) in [6.07, 6.45) is 19.0. The highest BCUT2D eigenvalue weighted by atomic mass is 32.2. The molecule has 0 saturated carbocycles. The maximum atomic E-state index is 12.7. The minimum absolute atomic E-state index is 0.157.